The molecule has 2 unspecified atom stereocenters. The largest absolute Gasteiger partial charge is 0.394 e. The van der Waals surface area contributed by atoms with Crippen molar-refractivity contribution in [1.29, 1.82) is 0 Å². The first-order chi connectivity index (χ1) is 8.17. The number of thioether (sulfide) groups is 1. The van der Waals surface area contributed by atoms with Gasteiger partial charge in [0.1, 0.15) is 0 Å². The third-order valence-electron chi connectivity index (χ3n) is 2.54. The molecule has 1 aliphatic heterocycles. The number of carbonyl (C=O) groups is 1. The van der Waals surface area contributed by atoms with Gasteiger partial charge < -0.3 is 19.5 Å². The molecule has 6 heteroatoms. The molecule has 0 aromatic heterocycles. The molecule has 2 atom stereocenters. The van der Waals surface area contributed by atoms with Gasteiger partial charge in [0.25, 0.3) is 0 Å². The molecule has 1 N–H and O–H groups in total. The lowest BCUT2D eigenvalue weighted by atomic mass is 10.2. The van der Waals surface area contributed by atoms with Crippen LogP contribution in [0, 0.1) is 0 Å². The van der Waals surface area contributed by atoms with Crippen LogP contribution in [0.4, 0.5) is 0 Å². The van der Waals surface area contributed by atoms with Crippen molar-refractivity contribution in [2.45, 2.75) is 19.1 Å². The van der Waals surface area contributed by atoms with Crippen LogP contribution in [0.2, 0.25) is 0 Å². The van der Waals surface area contributed by atoms with Gasteiger partial charge in [-0.15, -0.1) is 11.8 Å². The van der Waals surface area contributed by atoms with E-state index in [0.29, 0.717) is 25.4 Å². The highest BCUT2D eigenvalue weighted by atomic mass is 32.2. The molecule has 1 rings (SSSR count). The minimum Gasteiger partial charge on any atom is -0.394 e. The summed E-state index contributed by atoms with van der Waals surface area (Å²) in [4.78, 5) is 13.7. The van der Waals surface area contributed by atoms with Crippen molar-refractivity contribution in [3.8, 4) is 0 Å². The molecule has 17 heavy (non-hydrogen) atoms. The highest BCUT2D eigenvalue weighted by molar-refractivity contribution is 7.99. The standard InChI is InChI=1S/C11H21NO4S/c1-9-5-12(6-10(7-13)16-9)11(14)8-17-4-3-15-2/h9-10,13H,3-8H2,1-2H3. The number of morpholine rings is 1. The van der Waals surface area contributed by atoms with Gasteiger partial charge >= 0.3 is 0 Å². The van der Waals surface area contributed by atoms with Crippen molar-refractivity contribution in [3.63, 3.8) is 0 Å². The average Bonchev–Trinajstić information content (AvgIpc) is 2.33. The fourth-order valence-electron chi connectivity index (χ4n) is 1.74. The highest BCUT2D eigenvalue weighted by Crippen LogP contribution is 2.12. The lowest BCUT2D eigenvalue weighted by molar-refractivity contribution is -0.144. The fraction of sp³-hybridized carbons (Fsp3) is 0.909. The van der Waals surface area contributed by atoms with Gasteiger partial charge in [-0.25, -0.2) is 0 Å². The topological polar surface area (TPSA) is 59.0 Å². The van der Waals surface area contributed by atoms with Crippen molar-refractivity contribution < 1.29 is 19.4 Å². The van der Waals surface area contributed by atoms with E-state index in [2.05, 4.69) is 0 Å². The lowest BCUT2D eigenvalue weighted by Crippen LogP contribution is -2.50. The maximum atomic E-state index is 11.9. The van der Waals surface area contributed by atoms with Crippen LogP contribution in [0.1, 0.15) is 6.92 Å². The molecule has 1 saturated heterocycles. The fourth-order valence-corrected chi connectivity index (χ4v) is 2.53. The number of ether oxygens (including phenoxy) is 2. The minimum absolute atomic E-state index is 0.00572. The van der Waals surface area contributed by atoms with Crippen LogP contribution in [-0.4, -0.2) is 73.0 Å². The molecule has 0 aliphatic carbocycles. The van der Waals surface area contributed by atoms with E-state index in [4.69, 9.17) is 14.6 Å². The van der Waals surface area contributed by atoms with Crippen molar-refractivity contribution in [2.75, 3.05) is 44.9 Å². The van der Waals surface area contributed by atoms with Crippen molar-refractivity contribution in [1.82, 2.24) is 4.90 Å². The molecular formula is C11H21NO4S. The highest BCUT2D eigenvalue weighted by Gasteiger charge is 2.27. The van der Waals surface area contributed by atoms with Gasteiger partial charge in [-0.3, -0.25) is 4.79 Å². The van der Waals surface area contributed by atoms with E-state index >= 15 is 0 Å². The Hall–Kier alpha value is -0.300. The second kappa shape index (κ2) is 7.92. The minimum atomic E-state index is -0.244. The van der Waals surface area contributed by atoms with Crippen LogP contribution in [0.5, 0.6) is 0 Å². The molecule has 0 saturated carbocycles. The molecule has 1 amide bonds. The van der Waals surface area contributed by atoms with Gasteiger partial charge in [0, 0.05) is 26.0 Å². The molecule has 0 aromatic rings. The number of methoxy groups -OCH3 is 1. The Labute approximate surface area is 106 Å². The van der Waals surface area contributed by atoms with E-state index in [9.17, 15) is 4.79 Å². The Balaban J connectivity index is 2.29. The van der Waals surface area contributed by atoms with Gasteiger partial charge in [0.15, 0.2) is 0 Å². The van der Waals surface area contributed by atoms with Crippen LogP contribution < -0.4 is 0 Å². The van der Waals surface area contributed by atoms with E-state index in [1.165, 1.54) is 0 Å². The summed E-state index contributed by atoms with van der Waals surface area (Å²) in [5.41, 5.74) is 0. The number of nitrogens with zero attached hydrogens (tertiary/aromatic N) is 1. The number of amides is 1. The van der Waals surface area contributed by atoms with Crippen LogP contribution in [-0.2, 0) is 14.3 Å². The molecule has 0 radical (unpaired) electrons. The third-order valence-corrected chi connectivity index (χ3v) is 3.45. The van der Waals surface area contributed by atoms with Gasteiger partial charge in [-0.2, -0.15) is 0 Å². The second-order valence-electron chi connectivity index (χ2n) is 4.10. The molecule has 1 aliphatic rings. The maximum Gasteiger partial charge on any atom is 0.232 e. The Morgan fingerprint density at radius 1 is 1.59 bits per heavy atom. The number of hydrogen-bond acceptors (Lipinski definition) is 5. The van der Waals surface area contributed by atoms with E-state index < -0.39 is 0 Å². The van der Waals surface area contributed by atoms with Crippen molar-refractivity contribution in [3.05, 3.63) is 0 Å². The smallest absolute Gasteiger partial charge is 0.232 e. The number of aliphatic hydroxyl groups is 1. The van der Waals surface area contributed by atoms with Gasteiger partial charge in [-0.05, 0) is 6.92 Å². The Morgan fingerprint density at radius 2 is 2.35 bits per heavy atom. The average molecular weight is 263 g/mol. The third kappa shape index (κ3) is 5.25. The molecule has 1 fully saturated rings. The van der Waals surface area contributed by atoms with Crippen LogP contribution in [0.3, 0.4) is 0 Å². The number of rotatable bonds is 6. The SMILES string of the molecule is COCCSCC(=O)N1CC(C)OC(CO)C1. The Kier molecular flexibility index (Phi) is 6.87. The Morgan fingerprint density at radius 3 is 3.00 bits per heavy atom. The van der Waals surface area contributed by atoms with Gasteiger partial charge in [-0.1, -0.05) is 0 Å². The molecule has 0 bridgehead atoms. The van der Waals surface area contributed by atoms with E-state index in [1.54, 1.807) is 23.8 Å². The summed E-state index contributed by atoms with van der Waals surface area (Å²) in [7, 11) is 1.65. The van der Waals surface area contributed by atoms with E-state index in [1.807, 2.05) is 6.92 Å². The molecule has 1 heterocycles. The maximum absolute atomic E-state index is 11.9. The summed E-state index contributed by atoms with van der Waals surface area (Å²) in [5.74, 6) is 1.40. The number of aliphatic hydroxyl groups excluding tert-OH is 1. The van der Waals surface area contributed by atoms with Crippen LogP contribution in [0.25, 0.3) is 0 Å². The predicted octanol–water partition coefficient (Wildman–Crippen LogP) is -0.0258. The zero-order chi connectivity index (χ0) is 12.7. The number of hydrogen-bond donors (Lipinski definition) is 1. The normalized spacial score (nSPS) is 25.0. The summed E-state index contributed by atoms with van der Waals surface area (Å²) in [6.45, 7) is 3.65. The second-order valence-corrected chi connectivity index (χ2v) is 5.20. The lowest BCUT2D eigenvalue weighted by Gasteiger charge is -2.36. The van der Waals surface area contributed by atoms with Crippen molar-refractivity contribution >= 4 is 17.7 Å². The summed E-state index contributed by atoms with van der Waals surface area (Å²) in [6, 6.07) is 0. The first kappa shape index (κ1) is 14.8. The molecule has 0 aromatic carbocycles. The molecule has 0 spiro atoms. The molecule has 100 valence electrons. The first-order valence-electron chi connectivity index (χ1n) is 5.78. The Bertz CT molecular complexity index is 240. The monoisotopic (exact) mass is 263 g/mol. The van der Waals surface area contributed by atoms with Gasteiger partial charge in [0.05, 0.1) is 31.2 Å². The van der Waals surface area contributed by atoms with Crippen LogP contribution in [0.15, 0.2) is 0 Å². The van der Waals surface area contributed by atoms with E-state index in [0.717, 1.165) is 5.75 Å². The summed E-state index contributed by atoms with van der Waals surface area (Å²) < 4.78 is 10.4. The zero-order valence-electron chi connectivity index (χ0n) is 10.4. The summed E-state index contributed by atoms with van der Waals surface area (Å²) >= 11 is 1.57. The predicted molar refractivity (Wildman–Crippen MR) is 67.2 cm³/mol. The molecular weight excluding hydrogens is 242 g/mol. The van der Waals surface area contributed by atoms with Crippen LogP contribution >= 0.6 is 11.8 Å². The molecule has 5 nitrogen and oxygen atoms in total. The van der Waals surface area contributed by atoms with Gasteiger partial charge in [0.2, 0.25) is 5.91 Å². The number of carbonyl (C=O) groups excluding carboxylic acids is 1. The first-order valence-corrected chi connectivity index (χ1v) is 6.93. The van der Waals surface area contributed by atoms with E-state index in [-0.39, 0.29) is 24.7 Å². The summed E-state index contributed by atoms with van der Waals surface area (Å²) in [6.07, 6.45) is -0.250. The van der Waals surface area contributed by atoms with Crippen molar-refractivity contribution in [2.24, 2.45) is 0 Å². The summed E-state index contributed by atoms with van der Waals surface area (Å²) in [5, 5.41) is 9.07. The quantitative estimate of drug-likeness (QED) is 0.682. The zero-order valence-corrected chi connectivity index (χ0v) is 11.2.